The van der Waals surface area contributed by atoms with E-state index in [2.05, 4.69) is 13.8 Å². The van der Waals surface area contributed by atoms with Gasteiger partial charge in [-0.3, -0.25) is 0 Å². The Balaban J connectivity index is 0. The van der Waals surface area contributed by atoms with E-state index in [1.165, 1.54) is 25.7 Å². The molecular formula is C6H14Zn+2. The van der Waals surface area contributed by atoms with Gasteiger partial charge in [-0.2, -0.15) is 0 Å². The first-order valence-corrected chi connectivity index (χ1v) is 2.91. The quantitative estimate of drug-likeness (QED) is 0.430. The molecule has 0 aliphatic carbocycles. The molecule has 0 spiro atoms. The van der Waals surface area contributed by atoms with Crippen LogP contribution in [0.1, 0.15) is 39.5 Å². The van der Waals surface area contributed by atoms with Gasteiger partial charge in [-0.25, -0.2) is 0 Å². The van der Waals surface area contributed by atoms with Crippen LogP contribution >= 0.6 is 0 Å². The van der Waals surface area contributed by atoms with Gasteiger partial charge in [-0.05, 0) is 0 Å². The Labute approximate surface area is 59.4 Å². The molecule has 0 fully saturated rings. The van der Waals surface area contributed by atoms with Gasteiger partial charge in [0.25, 0.3) is 0 Å². The Kier molecular flexibility index (Phi) is 14.8. The molecule has 0 aliphatic rings. The number of rotatable bonds is 3. The standard InChI is InChI=1S/C6H14.Zn/c1-3-5-6-4-2;/h3-6H2,1-2H3;/q;+2. The summed E-state index contributed by atoms with van der Waals surface area (Å²) in [6, 6.07) is 0. The summed E-state index contributed by atoms with van der Waals surface area (Å²) in [6.45, 7) is 4.46. The molecule has 0 unspecified atom stereocenters. The van der Waals surface area contributed by atoms with Crippen molar-refractivity contribution >= 4 is 0 Å². The molecule has 0 N–H and O–H groups in total. The Morgan fingerprint density at radius 1 is 0.857 bits per heavy atom. The third kappa shape index (κ3) is 10.8. The monoisotopic (exact) mass is 150 g/mol. The fourth-order valence-electron chi connectivity index (χ4n) is 0.500. The van der Waals surface area contributed by atoms with E-state index in [0.717, 1.165) is 0 Å². The fraction of sp³-hybridized carbons (Fsp3) is 1.00. The zero-order chi connectivity index (χ0) is 4.83. The van der Waals surface area contributed by atoms with Crippen LogP contribution in [0, 0.1) is 0 Å². The van der Waals surface area contributed by atoms with Crippen LogP contribution in [0.25, 0.3) is 0 Å². The van der Waals surface area contributed by atoms with Gasteiger partial charge < -0.3 is 0 Å². The second-order valence-corrected chi connectivity index (χ2v) is 1.71. The zero-order valence-corrected chi connectivity index (χ0v) is 8.50. The molecule has 0 aromatic rings. The first-order valence-electron chi connectivity index (χ1n) is 2.91. The fourth-order valence-corrected chi connectivity index (χ4v) is 0.500. The van der Waals surface area contributed by atoms with Gasteiger partial charge >= 0.3 is 19.5 Å². The number of unbranched alkanes of at least 4 members (excludes halogenated alkanes) is 3. The summed E-state index contributed by atoms with van der Waals surface area (Å²) < 4.78 is 0. The van der Waals surface area contributed by atoms with Crippen molar-refractivity contribution in [2.45, 2.75) is 39.5 Å². The molecule has 0 atom stereocenters. The molecule has 0 saturated carbocycles. The molecule has 0 rings (SSSR count). The summed E-state index contributed by atoms with van der Waals surface area (Å²) in [5.74, 6) is 0. The first-order chi connectivity index (χ1) is 2.91. The van der Waals surface area contributed by atoms with Crippen molar-refractivity contribution in [2.24, 2.45) is 0 Å². The maximum Gasteiger partial charge on any atom is 2.00 e. The van der Waals surface area contributed by atoms with Crippen LogP contribution in [0.15, 0.2) is 0 Å². The van der Waals surface area contributed by atoms with Crippen molar-refractivity contribution in [3.63, 3.8) is 0 Å². The molecule has 0 aromatic heterocycles. The Morgan fingerprint density at radius 3 is 1.29 bits per heavy atom. The Hall–Kier alpha value is 0.623. The second kappa shape index (κ2) is 9.80. The van der Waals surface area contributed by atoms with E-state index in [-0.39, 0.29) is 19.5 Å². The SMILES string of the molecule is CCCCCC.[Zn+2]. The minimum atomic E-state index is 0. The average Bonchev–Trinajstić information content (AvgIpc) is 1.61. The minimum Gasteiger partial charge on any atom is -0.0654 e. The summed E-state index contributed by atoms with van der Waals surface area (Å²) >= 11 is 0. The molecule has 1 heteroatoms. The van der Waals surface area contributed by atoms with E-state index in [4.69, 9.17) is 0 Å². The van der Waals surface area contributed by atoms with Gasteiger partial charge in [0.15, 0.2) is 0 Å². The normalized spacial score (nSPS) is 7.71. The van der Waals surface area contributed by atoms with Gasteiger partial charge in [-0.15, -0.1) is 0 Å². The third-order valence-corrected chi connectivity index (χ3v) is 0.957. The van der Waals surface area contributed by atoms with Crippen molar-refractivity contribution in [1.29, 1.82) is 0 Å². The molecule has 0 heterocycles. The van der Waals surface area contributed by atoms with Crippen LogP contribution in [0.5, 0.6) is 0 Å². The van der Waals surface area contributed by atoms with E-state index in [1.807, 2.05) is 0 Å². The van der Waals surface area contributed by atoms with E-state index in [9.17, 15) is 0 Å². The predicted octanol–water partition coefficient (Wildman–Crippen LogP) is 2.58. The first kappa shape index (κ1) is 10.6. The van der Waals surface area contributed by atoms with Gasteiger partial charge in [0.05, 0.1) is 0 Å². The van der Waals surface area contributed by atoms with Crippen LogP contribution in [0.4, 0.5) is 0 Å². The molecule has 0 bridgehead atoms. The minimum absolute atomic E-state index is 0. The summed E-state index contributed by atoms with van der Waals surface area (Å²) in [4.78, 5) is 0. The maximum atomic E-state index is 2.23. The molecular weight excluding hydrogens is 137 g/mol. The largest absolute Gasteiger partial charge is 2.00 e. The molecule has 38 valence electrons. The third-order valence-electron chi connectivity index (χ3n) is 0.957. The van der Waals surface area contributed by atoms with Crippen LogP contribution in [0.2, 0.25) is 0 Å². The molecule has 0 amide bonds. The van der Waals surface area contributed by atoms with E-state index < -0.39 is 0 Å². The molecule has 7 heavy (non-hydrogen) atoms. The van der Waals surface area contributed by atoms with Crippen LogP contribution in [-0.4, -0.2) is 0 Å². The number of hydrogen-bond donors (Lipinski definition) is 0. The summed E-state index contributed by atoms with van der Waals surface area (Å²) in [6.07, 6.45) is 5.54. The molecule has 0 saturated heterocycles. The zero-order valence-electron chi connectivity index (χ0n) is 5.54. The topological polar surface area (TPSA) is 0 Å². The average molecular weight is 152 g/mol. The van der Waals surface area contributed by atoms with E-state index in [1.54, 1.807) is 0 Å². The smallest absolute Gasteiger partial charge is 0.0654 e. The molecule has 0 aromatic carbocycles. The van der Waals surface area contributed by atoms with Crippen LogP contribution in [-0.2, 0) is 19.5 Å². The van der Waals surface area contributed by atoms with Gasteiger partial charge in [0, 0.05) is 0 Å². The van der Waals surface area contributed by atoms with Crippen molar-refractivity contribution in [3.8, 4) is 0 Å². The maximum absolute atomic E-state index is 2.23. The Morgan fingerprint density at radius 2 is 1.14 bits per heavy atom. The summed E-state index contributed by atoms with van der Waals surface area (Å²) in [7, 11) is 0. The van der Waals surface area contributed by atoms with E-state index in [0.29, 0.717) is 0 Å². The van der Waals surface area contributed by atoms with E-state index >= 15 is 0 Å². The Bertz CT molecular complexity index is 16.1. The van der Waals surface area contributed by atoms with Gasteiger partial charge in [-0.1, -0.05) is 39.5 Å². The number of hydrogen-bond acceptors (Lipinski definition) is 0. The molecule has 0 nitrogen and oxygen atoms in total. The second-order valence-electron chi connectivity index (χ2n) is 1.71. The van der Waals surface area contributed by atoms with Gasteiger partial charge in [0.1, 0.15) is 0 Å². The summed E-state index contributed by atoms with van der Waals surface area (Å²) in [5.41, 5.74) is 0. The molecule has 0 radical (unpaired) electrons. The van der Waals surface area contributed by atoms with Gasteiger partial charge in [0.2, 0.25) is 0 Å². The van der Waals surface area contributed by atoms with Crippen molar-refractivity contribution < 1.29 is 19.5 Å². The van der Waals surface area contributed by atoms with Crippen LogP contribution < -0.4 is 0 Å². The van der Waals surface area contributed by atoms with Crippen molar-refractivity contribution in [3.05, 3.63) is 0 Å². The summed E-state index contributed by atoms with van der Waals surface area (Å²) in [5, 5.41) is 0. The van der Waals surface area contributed by atoms with Crippen LogP contribution in [0.3, 0.4) is 0 Å². The molecule has 0 aliphatic heterocycles. The van der Waals surface area contributed by atoms with Crippen molar-refractivity contribution in [2.75, 3.05) is 0 Å². The predicted molar refractivity (Wildman–Crippen MR) is 29.8 cm³/mol. The van der Waals surface area contributed by atoms with Crippen molar-refractivity contribution in [1.82, 2.24) is 0 Å².